The second kappa shape index (κ2) is 6.65. The molecule has 2 aromatic rings. The number of carbonyl (C=O) groups excluding carboxylic acids is 1. The average molecular weight is 369 g/mol. The number of amides is 1. The number of fused-ring (bicyclic) bond motifs is 1. The summed E-state index contributed by atoms with van der Waals surface area (Å²) in [5, 5.41) is 2.15. The van der Waals surface area contributed by atoms with Crippen LogP contribution in [-0.2, 0) is 17.8 Å². The van der Waals surface area contributed by atoms with Crippen LogP contribution in [0.1, 0.15) is 47.9 Å². The fourth-order valence-corrected chi connectivity index (χ4v) is 5.02. The Labute approximate surface area is 158 Å². The first-order valence-corrected chi connectivity index (χ1v) is 10.6. The van der Waals surface area contributed by atoms with Gasteiger partial charge in [0.15, 0.2) is 0 Å². The number of hydrogen-bond acceptors (Lipinski definition) is 5. The molecule has 1 saturated carbocycles. The third-order valence-corrected chi connectivity index (χ3v) is 6.91. The molecule has 0 radical (unpaired) electrons. The molecular weight excluding hydrogens is 344 g/mol. The van der Waals surface area contributed by atoms with Crippen molar-refractivity contribution < 1.29 is 4.79 Å². The minimum absolute atomic E-state index is 0.163. The molecule has 0 unspecified atom stereocenters. The number of thiophene rings is 1. The van der Waals surface area contributed by atoms with Gasteiger partial charge < -0.3 is 9.80 Å². The monoisotopic (exact) mass is 368 g/mol. The molecular formula is C20H24N4OS. The van der Waals surface area contributed by atoms with Crippen molar-refractivity contribution in [2.75, 3.05) is 24.5 Å². The summed E-state index contributed by atoms with van der Waals surface area (Å²) in [6.45, 7) is 3.50. The fourth-order valence-electron chi connectivity index (χ4n) is 4.13. The van der Waals surface area contributed by atoms with Crippen LogP contribution in [0.15, 0.2) is 23.7 Å². The van der Waals surface area contributed by atoms with E-state index >= 15 is 0 Å². The number of hydrogen-bond donors (Lipinski definition) is 0. The van der Waals surface area contributed by atoms with Crippen molar-refractivity contribution in [3.05, 3.63) is 40.0 Å². The van der Waals surface area contributed by atoms with E-state index in [1.165, 1.54) is 23.3 Å². The van der Waals surface area contributed by atoms with E-state index in [4.69, 9.17) is 4.98 Å². The second-order valence-electron chi connectivity index (χ2n) is 7.69. The first kappa shape index (κ1) is 16.2. The summed E-state index contributed by atoms with van der Waals surface area (Å²) >= 11 is 1.82. The van der Waals surface area contributed by atoms with Crippen molar-refractivity contribution in [3.63, 3.8) is 0 Å². The molecule has 5 nitrogen and oxygen atoms in total. The Kier molecular flexibility index (Phi) is 4.15. The van der Waals surface area contributed by atoms with Gasteiger partial charge >= 0.3 is 0 Å². The zero-order chi connectivity index (χ0) is 17.5. The van der Waals surface area contributed by atoms with E-state index in [0.29, 0.717) is 11.8 Å². The van der Waals surface area contributed by atoms with Crippen LogP contribution in [-0.4, -0.2) is 40.4 Å². The number of nitrogens with zero attached hydrogens (tertiary/aromatic N) is 4. The van der Waals surface area contributed by atoms with E-state index in [0.717, 1.165) is 57.1 Å². The van der Waals surface area contributed by atoms with Gasteiger partial charge in [-0.05, 0) is 55.2 Å². The zero-order valence-corrected chi connectivity index (χ0v) is 15.7. The maximum Gasteiger partial charge on any atom is 0.226 e. The van der Waals surface area contributed by atoms with Crippen molar-refractivity contribution in [2.45, 2.75) is 44.6 Å². The Morgan fingerprint density at radius 3 is 2.77 bits per heavy atom. The minimum Gasteiger partial charge on any atom is -0.356 e. The van der Waals surface area contributed by atoms with Crippen LogP contribution in [0.25, 0.3) is 0 Å². The summed E-state index contributed by atoms with van der Waals surface area (Å²) in [6, 6.07) is 4.19. The molecule has 136 valence electrons. The lowest BCUT2D eigenvalue weighted by atomic mass is 9.94. The van der Waals surface area contributed by atoms with Crippen molar-refractivity contribution in [3.8, 4) is 0 Å². The third-order valence-electron chi connectivity index (χ3n) is 5.89. The van der Waals surface area contributed by atoms with Gasteiger partial charge in [-0.3, -0.25) is 4.79 Å². The molecule has 3 aliphatic rings. The van der Waals surface area contributed by atoms with Crippen LogP contribution in [0.5, 0.6) is 0 Å². The highest BCUT2D eigenvalue weighted by molar-refractivity contribution is 7.10. The molecule has 1 amide bonds. The van der Waals surface area contributed by atoms with Gasteiger partial charge in [0.1, 0.15) is 11.6 Å². The molecule has 0 bridgehead atoms. The van der Waals surface area contributed by atoms with E-state index < -0.39 is 0 Å². The Morgan fingerprint density at radius 2 is 1.96 bits per heavy atom. The lowest BCUT2D eigenvalue weighted by Crippen LogP contribution is -2.44. The Hall–Kier alpha value is -1.95. The van der Waals surface area contributed by atoms with Crippen LogP contribution in [0, 0.1) is 5.92 Å². The van der Waals surface area contributed by atoms with Gasteiger partial charge in [-0.2, -0.15) is 0 Å². The standard InChI is InChI=1S/C20H24N4OS/c25-20(24-11-6-17-16(13-24)7-12-26-17)15-4-9-23(10-5-15)18-3-8-21-19(22-18)14-1-2-14/h3,7-8,12,14-15H,1-2,4-6,9-11,13H2. The Balaban J connectivity index is 1.20. The highest BCUT2D eigenvalue weighted by Crippen LogP contribution is 2.38. The van der Waals surface area contributed by atoms with Gasteiger partial charge in [-0.15, -0.1) is 11.3 Å². The number of piperidine rings is 1. The van der Waals surface area contributed by atoms with Crippen molar-refractivity contribution >= 4 is 23.1 Å². The van der Waals surface area contributed by atoms with Crippen molar-refractivity contribution in [1.29, 1.82) is 0 Å². The first-order chi connectivity index (χ1) is 12.8. The van der Waals surface area contributed by atoms with Crippen LogP contribution in [0.2, 0.25) is 0 Å². The van der Waals surface area contributed by atoms with E-state index in [1.54, 1.807) is 0 Å². The zero-order valence-electron chi connectivity index (χ0n) is 14.9. The quantitative estimate of drug-likeness (QED) is 0.835. The maximum absolute atomic E-state index is 13.0. The molecule has 5 rings (SSSR count). The lowest BCUT2D eigenvalue weighted by Gasteiger charge is -2.36. The van der Waals surface area contributed by atoms with Crippen LogP contribution < -0.4 is 4.90 Å². The van der Waals surface area contributed by atoms with E-state index in [9.17, 15) is 4.79 Å². The summed E-state index contributed by atoms with van der Waals surface area (Å²) < 4.78 is 0. The van der Waals surface area contributed by atoms with Gasteiger partial charge in [0, 0.05) is 49.1 Å². The predicted octanol–water partition coefficient (Wildman–Crippen LogP) is 3.22. The summed E-state index contributed by atoms with van der Waals surface area (Å²) in [5.41, 5.74) is 1.35. The van der Waals surface area contributed by atoms with Gasteiger partial charge in [0.25, 0.3) is 0 Å². The minimum atomic E-state index is 0.163. The van der Waals surface area contributed by atoms with E-state index in [2.05, 4.69) is 26.2 Å². The van der Waals surface area contributed by atoms with Gasteiger partial charge in [0.2, 0.25) is 5.91 Å². The lowest BCUT2D eigenvalue weighted by molar-refractivity contribution is -0.137. The predicted molar refractivity (Wildman–Crippen MR) is 102 cm³/mol. The maximum atomic E-state index is 13.0. The summed E-state index contributed by atoms with van der Waals surface area (Å²) in [5.74, 6) is 3.13. The molecule has 0 N–H and O–H groups in total. The number of anilines is 1. The van der Waals surface area contributed by atoms with Crippen LogP contribution >= 0.6 is 11.3 Å². The largest absolute Gasteiger partial charge is 0.356 e. The second-order valence-corrected chi connectivity index (χ2v) is 8.69. The van der Waals surface area contributed by atoms with E-state index in [1.807, 2.05) is 23.6 Å². The normalized spacial score (nSPS) is 20.9. The van der Waals surface area contributed by atoms with Crippen LogP contribution in [0.4, 0.5) is 5.82 Å². The molecule has 6 heteroatoms. The summed E-state index contributed by atoms with van der Waals surface area (Å²) in [7, 11) is 0. The van der Waals surface area contributed by atoms with Gasteiger partial charge in [-0.25, -0.2) is 9.97 Å². The highest BCUT2D eigenvalue weighted by atomic mass is 32.1. The molecule has 26 heavy (non-hydrogen) atoms. The topological polar surface area (TPSA) is 49.3 Å². The average Bonchev–Trinajstić information content (AvgIpc) is 3.45. The Bertz CT molecular complexity index is 808. The van der Waals surface area contributed by atoms with Crippen molar-refractivity contribution in [1.82, 2.24) is 14.9 Å². The molecule has 2 fully saturated rings. The molecule has 1 saturated heterocycles. The Morgan fingerprint density at radius 1 is 1.12 bits per heavy atom. The number of aromatic nitrogens is 2. The SMILES string of the molecule is O=C(C1CCN(c2ccnc(C3CC3)n2)CC1)N1CCc2sccc2C1. The van der Waals surface area contributed by atoms with Crippen molar-refractivity contribution in [2.24, 2.45) is 5.92 Å². The fraction of sp³-hybridized carbons (Fsp3) is 0.550. The third kappa shape index (κ3) is 3.11. The number of carbonyl (C=O) groups is 1. The molecule has 1 aliphatic carbocycles. The summed E-state index contributed by atoms with van der Waals surface area (Å²) in [4.78, 5) is 28.0. The van der Waals surface area contributed by atoms with E-state index in [-0.39, 0.29) is 5.92 Å². The summed E-state index contributed by atoms with van der Waals surface area (Å²) in [6.07, 6.45) is 7.20. The molecule has 0 atom stereocenters. The number of rotatable bonds is 3. The molecule has 4 heterocycles. The molecule has 0 aromatic carbocycles. The van der Waals surface area contributed by atoms with Crippen LogP contribution in [0.3, 0.4) is 0 Å². The molecule has 0 spiro atoms. The smallest absolute Gasteiger partial charge is 0.226 e. The highest BCUT2D eigenvalue weighted by Gasteiger charge is 2.32. The van der Waals surface area contributed by atoms with Gasteiger partial charge in [-0.1, -0.05) is 0 Å². The first-order valence-electron chi connectivity index (χ1n) is 9.70. The molecule has 2 aromatic heterocycles. The van der Waals surface area contributed by atoms with Gasteiger partial charge in [0.05, 0.1) is 0 Å². The molecule has 2 aliphatic heterocycles.